The van der Waals surface area contributed by atoms with Crippen LogP contribution in [0.1, 0.15) is 80.1 Å². The molecule has 0 radical (unpaired) electrons. The molecule has 0 aliphatic heterocycles. The highest BCUT2D eigenvalue weighted by Gasteiger charge is 2.61. The first-order chi connectivity index (χ1) is 10.1. The number of allylic oxidation sites excluding steroid dienone is 2. The zero-order valence-corrected chi connectivity index (χ0v) is 15.7. The van der Waals surface area contributed by atoms with Gasteiger partial charge in [-0.2, -0.15) is 0 Å². The van der Waals surface area contributed by atoms with Crippen LogP contribution in [0.2, 0.25) is 0 Å². The molecule has 3 fully saturated rings. The second-order valence-electron chi connectivity index (χ2n) is 11.5. The van der Waals surface area contributed by atoms with Gasteiger partial charge in [-0.05, 0) is 84.9 Å². The van der Waals surface area contributed by atoms with Crippen molar-refractivity contribution in [1.29, 1.82) is 0 Å². The van der Waals surface area contributed by atoms with Crippen LogP contribution in [0.4, 0.5) is 0 Å². The molecule has 0 amide bonds. The molecule has 4 aliphatic carbocycles. The first kappa shape index (κ1) is 15.3. The molecular formula is C22H36. The average molecular weight is 301 g/mol. The van der Waals surface area contributed by atoms with Crippen LogP contribution in [0.5, 0.6) is 0 Å². The molecule has 6 atom stereocenters. The molecule has 0 heteroatoms. The quantitative estimate of drug-likeness (QED) is 0.405. The van der Waals surface area contributed by atoms with Crippen LogP contribution in [0, 0.1) is 46.3 Å². The molecule has 0 aromatic carbocycles. The van der Waals surface area contributed by atoms with E-state index in [-0.39, 0.29) is 0 Å². The fourth-order valence-corrected chi connectivity index (χ4v) is 7.02. The number of rotatable bonds is 2. The van der Waals surface area contributed by atoms with Gasteiger partial charge in [0, 0.05) is 0 Å². The smallest absolute Gasteiger partial charge is 0.0160 e. The molecule has 0 aromatic heterocycles. The molecule has 0 nitrogen and oxygen atoms in total. The van der Waals surface area contributed by atoms with E-state index in [2.05, 4.69) is 41.5 Å². The Hall–Kier alpha value is -0.260. The van der Waals surface area contributed by atoms with E-state index >= 15 is 0 Å². The molecule has 4 rings (SSSR count). The molecule has 0 saturated heterocycles. The summed E-state index contributed by atoms with van der Waals surface area (Å²) < 4.78 is 0. The number of hydrogen-bond donors (Lipinski definition) is 0. The van der Waals surface area contributed by atoms with Gasteiger partial charge < -0.3 is 0 Å². The highest BCUT2D eigenvalue weighted by atomic mass is 14.7. The maximum absolute atomic E-state index is 2.44. The van der Waals surface area contributed by atoms with Crippen LogP contribution in [0.3, 0.4) is 0 Å². The van der Waals surface area contributed by atoms with Crippen molar-refractivity contribution < 1.29 is 0 Å². The molecule has 22 heavy (non-hydrogen) atoms. The van der Waals surface area contributed by atoms with E-state index in [1.165, 1.54) is 12.8 Å². The lowest BCUT2D eigenvalue weighted by Crippen LogP contribution is -2.31. The molecule has 0 aromatic rings. The minimum atomic E-state index is 0.454. The van der Waals surface area contributed by atoms with Gasteiger partial charge in [0.15, 0.2) is 0 Å². The summed E-state index contributed by atoms with van der Waals surface area (Å²) in [5.74, 6) is 6.39. The van der Waals surface area contributed by atoms with Crippen LogP contribution in [-0.4, -0.2) is 0 Å². The lowest BCUT2D eigenvalue weighted by molar-refractivity contribution is 0.182. The normalized spacial score (nSPS) is 43.4. The van der Waals surface area contributed by atoms with Crippen LogP contribution in [-0.2, 0) is 0 Å². The molecular weight excluding hydrogens is 264 g/mol. The Morgan fingerprint density at radius 2 is 1.09 bits per heavy atom. The number of hydrogen-bond acceptors (Lipinski definition) is 0. The molecule has 0 heterocycles. The van der Waals surface area contributed by atoms with Gasteiger partial charge >= 0.3 is 0 Å². The second kappa shape index (κ2) is 4.64. The summed E-state index contributed by atoms with van der Waals surface area (Å²) in [6, 6.07) is 0. The van der Waals surface area contributed by atoms with Gasteiger partial charge in [0.25, 0.3) is 0 Å². The third-order valence-corrected chi connectivity index (χ3v) is 7.23. The highest BCUT2D eigenvalue weighted by molar-refractivity contribution is 5.36. The fourth-order valence-electron chi connectivity index (χ4n) is 7.02. The molecule has 4 aliphatic rings. The minimum absolute atomic E-state index is 0.454. The Morgan fingerprint density at radius 1 is 0.682 bits per heavy atom. The SMILES string of the molecule is CC(C)(C)CC1=C(CC(C)(C)C)C2CC1C1C3CCC(C3)C21. The average Bonchev–Trinajstić information content (AvgIpc) is 3.04. The second-order valence-corrected chi connectivity index (χ2v) is 11.5. The lowest BCUT2D eigenvalue weighted by Gasteiger charge is -2.40. The maximum atomic E-state index is 2.44. The predicted molar refractivity (Wildman–Crippen MR) is 94.6 cm³/mol. The molecule has 4 bridgehead atoms. The van der Waals surface area contributed by atoms with Crippen molar-refractivity contribution in [1.82, 2.24) is 0 Å². The summed E-state index contributed by atoms with van der Waals surface area (Å²) in [6.07, 6.45) is 8.98. The summed E-state index contributed by atoms with van der Waals surface area (Å²) in [6.45, 7) is 14.7. The van der Waals surface area contributed by atoms with E-state index in [1.807, 2.05) is 11.1 Å². The third-order valence-electron chi connectivity index (χ3n) is 7.23. The van der Waals surface area contributed by atoms with E-state index in [0.717, 1.165) is 35.5 Å². The monoisotopic (exact) mass is 300 g/mol. The topological polar surface area (TPSA) is 0 Å². The van der Waals surface area contributed by atoms with E-state index in [9.17, 15) is 0 Å². The summed E-state index contributed by atoms with van der Waals surface area (Å²) in [5.41, 5.74) is 4.80. The molecule has 124 valence electrons. The van der Waals surface area contributed by atoms with Gasteiger partial charge in [-0.25, -0.2) is 0 Å². The van der Waals surface area contributed by atoms with E-state index in [4.69, 9.17) is 0 Å². The van der Waals surface area contributed by atoms with Crippen molar-refractivity contribution in [3.05, 3.63) is 11.1 Å². The Balaban J connectivity index is 1.70. The summed E-state index contributed by atoms with van der Waals surface area (Å²) in [7, 11) is 0. The summed E-state index contributed by atoms with van der Waals surface area (Å²) >= 11 is 0. The van der Waals surface area contributed by atoms with Gasteiger partial charge in [0.1, 0.15) is 0 Å². The summed E-state index contributed by atoms with van der Waals surface area (Å²) in [5, 5.41) is 0. The van der Waals surface area contributed by atoms with E-state index in [1.54, 1.807) is 25.7 Å². The highest BCUT2D eigenvalue weighted by Crippen LogP contribution is 2.70. The standard InChI is InChI=1S/C22H36/c1-21(2,3)11-17-15-10-16(18(17)12-22(4,5)6)20-14-8-7-13(9-14)19(15)20/h13-16,19-20H,7-12H2,1-6H3. The Labute approximate surface area is 138 Å². The molecule has 0 spiro atoms. The van der Waals surface area contributed by atoms with E-state index < -0.39 is 0 Å². The third kappa shape index (κ3) is 2.31. The Morgan fingerprint density at radius 3 is 1.45 bits per heavy atom. The van der Waals surface area contributed by atoms with Crippen LogP contribution in [0.15, 0.2) is 11.1 Å². The maximum Gasteiger partial charge on any atom is -0.0160 e. The zero-order valence-electron chi connectivity index (χ0n) is 15.7. The van der Waals surface area contributed by atoms with Gasteiger partial charge in [-0.1, -0.05) is 52.7 Å². The Kier molecular flexibility index (Phi) is 3.22. The predicted octanol–water partition coefficient (Wildman–Crippen LogP) is 6.47. The molecule has 6 unspecified atom stereocenters. The van der Waals surface area contributed by atoms with Gasteiger partial charge in [0.05, 0.1) is 0 Å². The molecule has 3 saturated carbocycles. The minimum Gasteiger partial charge on any atom is -0.0668 e. The first-order valence-corrected chi connectivity index (χ1v) is 9.86. The fraction of sp³-hybridized carbons (Fsp3) is 0.909. The first-order valence-electron chi connectivity index (χ1n) is 9.86. The van der Waals surface area contributed by atoms with Crippen molar-refractivity contribution in [2.45, 2.75) is 80.1 Å². The van der Waals surface area contributed by atoms with Crippen molar-refractivity contribution in [2.24, 2.45) is 46.3 Å². The van der Waals surface area contributed by atoms with Crippen molar-refractivity contribution in [3.63, 3.8) is 0 Å². The van der Waals surface area contributed by atoms with Gasteiger partial charge in [-0.3, -0.25) is 0 Å². The van der Waals surface area contributed by atoms with E-state index in [0.29, 0.717) is 10.8 Å². The van der Waals surface area contributed by atoms with Gasteiger partial charge in [-0.15, -0.1) is 0 Å². The summed E-state index contributed by atoms with van der Waals surface area (Å²) in [4.78, 5) is 0. The Bertz CT molecular complexity index is 451. The lowest BCUT2D eigenvalue weighted by atomic mass is 9.65. The van der Waals surface area contributed by atoms with Crippen molar-refractivity contribution in [3.8, 4) is 0 Å². The van der Waals surface area contributed by atoms with Crippen LogP contribution < -0.4 is 0 Å². The van der Waals surface area contributed by atoms with Gasteiger partial charge in [0.2, 0.25) is 0 Å². The van der Waals surface area contributed by atoms with Crippen LogP contribution >= 0.6 is 0 Å². The van der Waals surface area contributed by atoms with Crippen molar-refractivity contribution >= 4 is 0 Å². The largest absolute Gasteiger partial charge is 0.0668 e. The van der Waals surface area contributed by atoms with Crippen LogP contribution in [0.25, 0.3) is 0 Å². The number of fused-ring (bicyclic) bond motifs is 9. The van der Waals surface area contributed by atoms with Crippen molar-refractivity contribution in [2.75, 3.05) is 0 Å². The molecule has 0 N–H and O–H groups in total. The zero-order chi connectivity index (χ0) is 15.9.